The SMILES string of the molecule is COc1cc(Cl)cc(CN(C)O)c1O. The quantitative estimate of drug-likeness (QED) is 0.759. The summed E-state index contributed by atoms with van der Waals surface area (Å²) < 4.78 is 4.91. The van der Waals surface area contributed by atoms with E-state index in [0.717, 1.165) is 5.06 Å². The molecule has 0 saturated carbocycles. The van der Waals surface area contributed by atoms with Crippen LogP contribution in [0.25, 0.3) is 0 Å². The molecule has 0 aliphatic carbocycles. The topological polar surface area (TPSA) is 52.9 Å². The Balaban J connectivity index is 3.08. The van der Waals surface area contributed by atoms with Crippen LogP contribution in [0.1, 0.15) is 5.56 Å². The maximum atomic E-state index is 9.64. The van der Waals surface area contributed by atoms with Gasteiger partial charge in [-0.15, -0.1) is 0 Å². The maximum absolute atomic E-state index is 9.64. The molecule has 0 aromatic heterocycles. The van der Waals surface area contributed by atoms with Crippen LogP contribution in [0.5, 0.6) is 11.5 Å². The van der Waals surface area contributed by atoms with E-state index in [9.17, 15) is 5.11 Å². The van der Waals surface area contributed by atoms with Crippen LogP contribution >= 0.6 is 11.6 Å². The smallest absolute Gasteiger partial charge is 0.162 e. The van der Waals surface area contributed by atoms with Gasteiger partial charge in [-0.25, -0.2) is 0 Å². The second kappa shape index (κ2) is 4.50. The zero-order chi connectivity index (χ0) is 10.7. The molecule has 0 fully saturated rings. The minimum Gasteiger partial charge on any atom is -0.504 e. The van der Waals surface area contributed by atoms with Gasteiger partial charge in [0, 0.05) is 23.7 Å². The van der Waals surface area contributed by atoms with Crippen LogP contribution in [0.2, 0.25) is 5.02 Å². The number of phenols is 1. The third-order valence-electron chi connectivity index (χ3n) is 1.74. The average molecular weight is 218 g/mol. The summed E-state index contributed by atoms with van der Waals surface area (Å²) in [6.07, 6.45) is 0. The highest BCUT2D eigenvalue weighted by Gasteiger charge is 2.10. The Hall–Kier alpha value is -0.970. The Morgan fingerprint density at radius 1 is 1.50 bits per heavy atom. The Morgan fingerprint density at radius 2 is 2.14 bits per heavy atom. The van der Waals surface area contributed by atoms with Crippen LogP contribution in [0.4, 0.5) is 0 Å². The van der Waals surface area contributed by atoms with Crippen LogP contribution in [-0.4, -0.2) is 29.5 Å². The van der Waals surface area contributed by atoms with Gasteiger partial charge in [0.05, 0.1) is 13.7 Å². The first-order valence-electron chi connectivity index (χ1n) is 4.00. The van der Waals surface area contributed by atoms with Gasteiger partial charge in [-0.05, 0) is 6.07 Å². The summed E-state index contributed by atoms with van der Waals surface area (Å²) in [6.45, 7) is 0.183. The number of hydrogen-bond donors (Lipinski definition) is 2. The lowest BCUT2D eigenvalue weighted by molar-refractivity contribution is -0.0735. The van der Waals surface area contributed by atoms with Gasteiger partial charge in [0.25, 0.3) is 0 Å². The largest absolute Gasteiger partial charge is 0.504 e. The van der Waals surface area contributed by atoms with Crippen LogP contribution in [0.3, 0.4) is 0 Å². The zero-order valence-corrected chi connectivity index (χ0v) is 8.75. The Morgan fingerprint density at radius 3 is 2.64 bits per heavy atom. The van der Waals surface area contributed by atoms with Crippen molar-refractivity contribution in [3.8, 4) is 11.5 Å². The first-order valence-corrected chi connectivity index (χ1v) is 4.37. The normalized spacial score (nSPS) is 10.6. The highest BCUT2D eigenvalue weighted by molar-refractivity contribution is 6.30. The third-order valence-corrected chi connectivity index (χ3v) is 1.96. The van der Waals surface area contributed by atoms with E-state index in [1.54, 1.807) is 6.07 Å². The van der Waals surface area contributed by atoms with Crippen molar-refractivity contribution in [3.05, 3.63) is 22.7 Å². The van der Waals surface area contributed by atoms with E-state index in [1.165, 1.54) is 20.2 Å². The van der Waals surface area contributed by atoms with Gasteiger partial charge in [0.2, 0.25) is 0 Å². The molecule has 0 saturated heterocycles. The molecule has 0 aliphatic rings. The summed E-state index contributed by atoms with van der Waals surface area (Å²) in [6, 6.07) is 3.09. The first kappa shape index (κ1) is 11.1. The van der Waals surface area contributed by atoms with Crippen molar-refractivity contribution in [1.82, 2.24) is 5.06 Å². The molecule has 1 aromatic rings. The van der Waals surface area contributed by atoms with E-state index in [4.69, 9.17) is 21.5 Å². The highest BCUT2D eigenvalue weighted by Crippen LogP contribution is 2.33. The monoisotopic (exact) mass is 217 g/mol. The van der Waals surface area contributed by atoms with Crippen molar-refractivity contribution >= 4 is 11.6 Å². The second-order valence-electron chi connectivity index (χ2n) is 2.93. The summed E-state index contributed by atoms with van der Waals surface area (Å²) in [7, 11) is 2.92. The molecule has 0 aliphatic heterocycles. The number of methoxy groups -OCH3 is 1. The molecule has 0 bridgehead atoms. The number of ether oxygens (including phenoxy) is 1. The lowest BCUT2D eigenvalue weighted by Crippen LogP contribution is -2.11. The van der Waals surface area contributed by atoms with Gasteiger partial charge in [0.1, 0.15) is 0 Å². The number of rotatable bonds is 3. The summed E-state index contributed by atoms with van der Waals surface area (Å²) >= 11 is 5.79. The molecule has 5 heteroatoms. The molecule has 0 unspecified atom stereocenters. The summed E-state index contributed by atoms with van der Waals surface area (Å²) in [5.41, 5.74) is 0.513. The number of benzene rings is 1. The number of nitrogens with zero attached hydrogens (tertiary/aromatic N) is 1. The number of hydrogen-bond acceptors (Lipinski definition) is 4. The fraction of sp³-hybridized carbons (Fsp3) is 0.333. The highest BCUT2D eigenvalue weighted by atomic mass is 35.5. The molecule has 1 rings (SSSR count). The predicted octanol–water partition coefficient (Wildman–Crippen LogP) is 1.88. The number of aromatic hydroxyl groups is 1. The summed E-state index contributed by atoms with van der Waals surface area (Å²) in [4.78, 5) is 0. The van der Waals surface area contributed by atoms with Crippen molar-refractivity contribution in [2.24, 2.45) is 0 Å². The Labute approximate surface area is 87.2 Å². The van der Waals surface area contributed by atoms with E-state index in [2.05, 4.69) is 0 Å². The molecule has 2 N–H and O–H groups in total. The minimum atomic E-state index is -0.00204. The van der Waals surface area contributed by atoms with Crippen molar-refractivity contribution in [2.45, 2.75) is 6.54 Å². The van der Waals surface area contributed by atoms with Crippen molar-refractivity contribution in [3.63, 3.8) is 0 Å². The van der Waals surface area contributed by atoms with Crippen LogP contribution in [-0.2, 0) is 6.54 Å². The molecular formula is C9H12ClNO3. The van der Waals surface area contributed by atoms with E-state index in [-0.39, 0.29) is 12.3 Å². The van der Waals surface area contributed by atoms with Crippen LogP contribution in [0, 0.1) is 0 Å². The lowest BCUT2D eigenvalue weighted by atomic mass is 10.2. The second-order valence-corrected chi connectivity index (χ2v) is 3.37. The maximum Gasteiger partial charge on any atom is 0.162 e. The fourth-order valence-electron chi connectivity index (χ4n) is 1.15. The lowest BCUT2D eigenvalue weighted by Gasteiger charge is -2.12. The summed E-state index contributed by atoms with van der Waals surface area (Å²) in [5.74, 6) is 0.298. The van der Waals surface area contributed by atoms with Crippen LogP contribution < -0.4 is 4.74 Å². The van der Waals surface area contributed by atoms with Crippen molar-refractivity contribution < 1.29 is 15.1 Å². The molecule has 0 amide bonds. The zero-order valence-electron chi connectivity index (χ0n) is 7.99. The van der Waals surface area contributed by atoms with E-state index in [0.29, 0.717) is 16.3 Å². The molecule has 1 aromatic carbocycles. The summed E-state index contributed by atoms with van der Waals surface area (Å²) in [5, 5.41) is 20.1. The Kier molecular flexibility index (Phi) is 3.57. The molecule has 4 nitrogen and oxygen atoms in total. The number of halogens is 1. The van der Waals surface area contributed by atoms with Gasteiger partial charge in [-0.2, -0.15) is 5.06 Å². The molecule has 78 valence electrons. The van der Waals surface area contributed by atoms with Gasteiger partial charge in [-0.1, -0.05) is 11.6 Å². The van der Waals surface area contributed by atoms with E-state index >= 15 is 0 Å². The average Bonchev–Trinajstić information content (AvgIpc) is 2.09. The van der Waals surface area contributed by atoms with E-state index in [1.807, 2.05) is 0 Å². The molecule has 0 spiro atoms. The number of phenolic OH excluding ortho intramolecular Hbond substituents is 1. The van der Waals surface area contributed by atoms with Gasteiger partial charge in [0.15, 0.2) is 11.5 Å². The standard InChI is InChI=1S/C9H12ClNO3/c1-11(13)5-6-3-7(10)4-8(14-2)9(6)12/h3-4,12-13H,5H2,1-2H3. The molecule has 14 heavy (non-hydrogen) atoms. The molecule has 0 heterocycles. The minimum absolute atomic E-state index is 0.00204. The van der Waals surface area contributed by atoms with Gasteiger partial charge < -0.3 is 15.1 Å². The van der Waals surface area contributed by atoms with Gasteiger partial charge in [-0.3, -0.25) is 0 Å². The van der Waals surface area contributed by atoms with Crippen molar-refractivity contribution in [1.29, 1.82) is 0 Å². The number of hydroxylamine groups is 2. The molecule has 0 atom stereocenters. The Bertz CT molecular complexity index is 328. The molecular weight excluding hydrogens is 206 g/mol. The first-order chi connectivity index (χ1) is 6.54. The third kappa shape index (κ3) is 2.51. The van der Waals surface area contributed by atoms with Crippen LogP contribution in [0.15, 0.2) is 12.1 Å². The molecule has 0 radical (unpaired) electrons. The fourth-order valence-corrected chi connectivity index (χ4v) is 1.38. The van der Waals surface area contributed by atoms with Crippen molar-refractivity contribution in [2.75, 3.05) is 14.2 Å². The van der Waals surface area contributed by atoms with Gasteiger partial charge >= 0.3 is 0 Å². The van der Waals surface area contributed by atoms with E-state index < -0.39 is 0 Å². The predicted molar refractivity (Wildman–Crippen MR) is 52.9 cm³/mol.